The molecular weight excluding hydrogens is 270 g/mol. The minimum Gasteiger partial charge on any atom is -0.480 e. The van der Waals surface area contributed by atoms with E-state index in [1.165, 1.54) is 19.2 Å². The highest BCUT2D eigenvalue weighted by atomic mass is 32.2. The standard InChI is InChI=1S/C12H17NO5S/c1-9-4-3-5-10(8-9)19(16,17)13-11(12(14)15)6-7-18-2/h3-5,8,11,13H,6-7H2,1-2H3,(H,14,15). The zero-order valence-corrected chi connectivity index (χ0v) is 11.6. The van der Waals surface area contributed by atoms with Gasteiger partial charge in [-0.1, -0.05) is 12.1 Å². The van der Waals surface area contributed by atoms with E-state index in [1.54, 1.807) is 19.1 Å². The van der Waals surface area contributed by atoms with E-state index < -0.39 is 22.0 Å². The first kappa shape index (κ1) is 15.6. The van der Waals surface area contributed by atoms with Crippen LogP contribution in [0.1, 0.15) is 12.0 Å². The fraction of sp³-hybridized carbons (Fsp3) is 0.417. The van der Waals surface area contributed by atoms with Crippen LogP contribution in [-0.4, -0.2) is 39.3 Å². The van der Waals surface area contributed by atoms with Crippen LogP contribution in [0.3, 0.4) is 0 Å². The monoisotopic (exact) mass is 287 g/mol. The van der Waals surface area contributed by atoms with E-state index in [4.69, 9.17) is 9.84 Å². The lowest BCUT2D eigenvalue weighted by Gasteiger charge is -2.14. The van der Waals surface area contributed by atoms with Gasteiger partial charge in [-0.3, -0.25) is 4.79 Å². The summed E-state index contributed by atoms with van der Waals surface area (Å²) in [7, 11) is -2.42. The predicted molar refractivity (Wildman–Crippen MR) is 69.4 cm³/mol. The lowest BCUT2D eigenvalue weighted by molar-refractivity contribution is -0.139. The van der Waals surface area contributed by atoms with Gasteiger partial charge in [0.25, 0.3) is 0 Å². The molecule has 19 heavy (non-hydrogen) atoms. The molecule has 0 spiro atoms. The number of carboxylic acid groups (broad SMARTS) is 1. The zero-order valence-electron chi connectivity index (χ0n) is 10.8. The second-order valence-electron chi connectivity index (χ2n) is 4.11. The Morgan fingerprint density at radius 3 is 2.68 bits per heavy atom. The van der Waals surface area contributed by atoms with Crippen molar-refractivity contribution in [1.29, 1.82) is 0 Å². The van der Waals surface area contributed by atoms with Crippen LogP contribution >= 0.6 is 0 Å². The molecule has 1 aromatic carbocycles. The Hall–Kier alpha value is -1.44. The molecule has 0 heterocycles. The first-order valence-electron chi connectivity index (χ1n) is 5.67. The van der Waals surface area contributed by atoms with E-state index in [0.29, 0.717) is 0 Å². The molecule has 1 aromatic rings. The van der Waals surface area contributed by atoms with Crippen LogP contribution in [0.25, 0.3) is 0 Å². The molecule has 0 amide bonds. The number of rotatable bonds is 7. The minimum absolute atomic E-state index is 0.0520. The Labute approximate surface area is 112 Å². The summed E-state index contributed by atoms with van der Waals surface area (Å²) in [6.45, 7) is 1.92. The third kappa shape index (κ3) is 4.62. The van der Waals surface area contributed by atoms with Crippen LogP contribution in [0.5, 0.6) is 0 Å². The van der Waals surface area contributed by atoms with Gasteiger partial charge in [0.15, 0.2) is 0 Å². The van der Waals surface area contributed by atoms with Gasteiger partial charge in [-0.15, -0.1) is 0 Å². The van der Waals surface area contributed by atoms with Crippen molar-refractivity contribution in [3.8, 4) is 0 Å². The Morgan fingerprint density at radius 2 is 2.16 bits per heavy atom. The average Bonchev–Trinajstić information content (AvgIpc) is 2.34. The number of carboxylic acids is 1. The maximum absolute atomic E-state index is 12.0. The number of nitrogens with one attached hydrogen (secondary N) is 1. The smallest absolute Gasteiger partial charge is 0.321 e. The number of aryl methyl sites for hydroxylation is 1. The van der Waals surface area contributed by atoms with Crippen molar-refractivity contribution in [3.05, 3.63) is 29.8 Å². The summed E-state index contributed by atoms with van der Waals surface area (Å²) < 4.78 is 31.0. The fourth-order valence-corrected chi connectivity index (χ4v) is 2.83. The molecule has 0 saturated heterocycles. The van der Waals surface area contributed by atoms with Gasteiger partial charge in [0.05, 0.1) is 4.90 Å². The second kappa shape index (κ2) is 6.65. The van der Waals surface area contributed by atoms with Crippen molar-refractivity contribution in [3.63, 3.8) is 0 Å². The van der Waals surface area contributed by atoms with Crippen LogP contribution in [-0.2, 0) is 19.6 Å². The molecule has 7 heteroatoms. The van der Waals surface area contributed by atoms with Gasteiger partial charge in [-0.25, -0.2) is 8.42 Å². The highest BCUT2D eigenvalue weighted by Gasteiger charge is 2.25. The number of carbonyl (C=O) groups is 1. The molecule has 0 aliphatic rings. The molecule has 1 atom stereocenters. The summed E-state index contributed by atoms with van der Waals surface area (Å²) in [5, 5.41) is 8.98. The molecule has 0 bridgehead atoms. The van der Waals surface area contributed by atoms with Crippen molar-refractivity contribution in [2.45, 2.75) is 24.3 Å². The van der Waals surface area contributed by atoms with Gasteiger partial charge in [0.1, 0.15) is 6.04 Å². The first-order valence-corrected chi connectivity index (χ1v) is 7.16. The molecule has 0 saturated carbocycles. The molecule has 1 rings (SSSR count). The van der Waals surface area contributed by atoms with Gasteiger partial charge in [-0.2, -0.15) is 4.72 Å². The SMILES string of the molecule is COCCC(NS(=O)(=O)c1cccc(C)c1)C(=O)O. The molecule has 6 nitrogen and oxygen atoms in total. The van der Waals surface area contributed by atoms with Crippen LogP contribution < -0.4 is 4.72 Å². The number of ether oxygens (including phenoxy) is 1. The number of hydrogen-bond donors (Lipinski definition) is 2. The molecule has 106 valence electrons. The first-order chi connectivity index (χ1) is 8.86. The summed E-state index contributed by atoms with van der Waals surface area (Å²) in [5.74, 6) is -1.23. The third-order valence-corrected chi connectivity index (χ3v) is 3.98. The van der Waals surface area contributed by atoms with Gasteiger partial charge in [0, 0.05) is 13.7 Å². The molecule has 0 aromatic heterocycles. The van der Waals surface area contributed by atoms with Crippen LogP contribution in [0, 0.1) is 6.92 Å². The number of hydrogen-bond acceptors (Lipinski definition) is 4. The Kier molecular flexibility index (Phi) is 5.46. The van der Waals surface area contributed by atoms with E-state index in [1.807, 2.05) is 0 Å². The number of methoxy groups -OCH3 is 1. The highest BCUT2D eigenvalue weighted by molar-refractivity contribution is 7.89. The predicted octanol–water partition coefficient (Wildman–Crippen LogP) is 0.763. The third-order valence-electron chi connectivity index (χ3n) is 2.51. The van der Waals surface area contributed by atoms with E-state index >= 15 is 0 Å². The molecule has 1 unspecified atom stereocenters. The summed E-state index contributed by atoms with van der Waals surface area (Å²) in [6, 6.07) is 5.07. The average molecular weight is 287 g/mol. The normalized spacial score (nSPS) is 13.2. The van der Waals surface area contributed by atoms with Crippen LogP contribution in [0.4, 0.5) is 0 Å². The lowest BCUT2D eigenvalue weighted by Crippen LogP contribution is -2.41. The number of benzene rings is 1. The molecule has 2 N–H and O–H groups in total. The van der Waals surface area contributed by atoms with E-state index in [-0.39, 0.29) is 17.9 Å². The Morgan fingerprint density at radius 1 is 1.47 bits per heavy atom. The Bertz CT molecular complexity index is 541. The van der Waals surface area contributed by atoms with Gasteiger partial charge in [0.2, 0.25) is 10.0 Å². The van der Waals surface area contributed by atoms with Crippen molar-refractivity contribution in [2.24, 2.45) is 0 Å². The van der Waals surface area contributed by atoms with E-state index in [9.17, 15) is 13.2 Å². The molecule has 0 aliphatic carbocycles. The maximum Gasteiger partial charge on any atom is 0.321 e. The van der Waals surface area contributed by atoms with Crippen molar-refractivity contribution < 1.29 is 23.1 Å². The summed E-state index contributed by atoms with van der Waals surface area (Å²) >= 11 is 0. The largest absolute Gasteiger partial charge is 0.480 e. The van der Waals surface area contributed by atoms with Crippen molar-refractivity contribution in [1.82, 2.24) is 4.72 Å². The van der Waals surface area contributed by atoms with Gasteiger partial charge < -0.3 is 9.84 Å². The summed E-state index contributed by atoms with van der Waals surface area (Å²) in [4.78, 5) is 11.1. The fourth-order valence-electron chi connectivity index (χ4n) is 1.51. The van der Waals surface area contributed by atoms with Crippen molar-refractivity contribution >= 4 is 16.0 Å². The van der Waals surface area contributed by atoms with E-state index in [2.05, 4.69) is 4.72 Å². The lowest BCUT2D eigenvalue weighted by atomic mass is 10.2. The summed E-state index contributed by atoms with van der Waals surface area (Å²) in [6.07, 6.45) is 0.0663. The van der Waals surface area contributed by atoms with Gasteiger partial charge >= 0.3 is 5.97 Å². The highest BCUT2D eigenvalue weighted by Crippen LogP contribution is 2.12. The van der Waals surface area contributed by atoms with Crippen LogP contribution in [0.2, 0.25) is 0 Å². The zero-order chi connectivity index (χ0) is 14.5. The van der Waals surface area contributed by atoms with Crippen molar-refractivity contribution in [2.75, 3.05) is 13.7 Å². The summed E-state index contributed by atoms with van der Waals surface area (Å²) in [5.41, 5.74) is 0.784. The maximum atomic E-state index is 12.0. The topological polar surface area (TPSA) is 92.7 Å². The molecule has 0 aliphatic heterocycles. The van der Waals surface area contributed by atoms with E-state index in [0.717, 1.165) is 5.56 Å². The quantitative estimate of drug-likeness (QED) is 0.772. The van der Waals surface area contributed by atoms with Gasteiger partial charge in [-0.05, 0) is 31.0 Å². The second-order valence-corrected chi connectivity index (χ2v) is 5.82. The minimum atomic E-state index is -3.84. The molecule has 0 radical (unpaired) electrons. The molecular formula is C12H17NO5S. The Balaban J connectivity index is 2.91. The molecule has 0 fully saturated rings. The number of sulfonamides is 1. The number of aliphatic carboxylic acids is 1. The van der Waals surface area contributed by atoms with Crippen LogP contribution in [0.15, 0.2) is 29.2 Å².